The van der Waals surface area contributed by atoms with Crippen molar-refractivity contribution in [2.24, 2.45) is 0 Å². The van der Waals surface area contributed by atoms with Crippen LogP contribution in [0.15, 0.2) is 54.9 Å². The summed E-state index contributed by atoms with van der Waals surface area (Å²) in [7, 11) is 2.10. The van der Waals surface area contributed by atoms with E-state index < -0.39 is 0 Å². The second kappa shape index (κ2) is 8.47. The van der Waals surface area contributed by atoms with Crippen LogP contribution in [0.5, 0.6) is 5.75 Å². The number of hydrogen-bond acceptors (Lipinski definition) is 5. The van der Waals surface area contributed by atoms with E-state index in [1.807, 2.05) is 42.7 Å². The molecule has 1 aromatic carbocycles. The van der Waals surface area contributed by atoms with Crippen LogP contribution >= 0.6 is 0 Å². The van der Waals surface area contributed by atoms with E-state index in [2.05, 4.69) is 45.7 Å². The van der Waals surface area contributed by atoms with E-state index in [4.69, 9.17) is 9.84 Å². The van der Waals surface area contributed by atoms with Gasteiger partial charge in [-0.3, -0.25) is 14.6 Å². The van der Waals surface area contributed by atoms with Crippen LogP contribution in [0.25, 0.3) is 33.4 Å². The van der Waals surface area contributed by atoms with E-state index in [-0.39, 0.29) is 0 Å². The molecular weight excluding hydrogens is 386 g/mol. The number of fused-ring (bicyclic) bond motifs is 2. The number of likely N-dealkylation sites (N-methyl/N-ethyl adjacent to an activating group) is 1. The van der Waals surface area contributed by atoms with E-state index in [9.17, 15) is 0 Å². The van der Waals surface area contributed by atoms with Crippen LogP contribution in [0, 0.1) is 0 Å². The van der Waals surface area contributed by atoms with Gasteiger partial charge in [-0.15, -0.1) is 0 Å². The Bertz CT molecular complexity index is 1200. The summed E-state index contributed by atoms with van der Waals surface area (Å²) in [6.07, 6.45) is 5.87. The van der Waals surface area contributed by atoms with Gasteiger partial charge in [0, 0.05) is 48.2 Å². The zero-order valence-electron chi connectivity index (χ0n) is 18.1. The van der Waals surface area contributed by atoms with Crippen molar-refractivity contribution in [3.05, 3.63) is 60.6 Å². The third kappa shape index (κ3) is 3.79. The van der Waals surface area contributed by atoms with Crippen molar-refractivity contribution in [3.63, 3.8) is 0 Å². The number of pyridine rings is 2. The topological polar surface area (TPSA) is 56.1 Å². The first-order valence-electron chi connectivity index (χ1n) is 11.0. The number of rotatable bonds is 7. The van der Waals surface area contributed by atoms with E-state index in [1.165, 1.54) is 11.3 Å². The van der Waals surface area contributed by atoms with Gasteiger partial charge in [0.25, 0.3) is 0 Å². The molecule has 4 aromatic rings. The van der Waals surface area contributed by atoms with Gasteiger partial charge >= 0.3 is 0 Å². The maximum absolute atomic E-state index is 5.98. The minimum absolute atomic E-state index is 0.663. The van der Waals surface area contributed by atoms with Crippen LogP contribution in [-0.2, 0) is 13.0 Å². The number of hydrogen-bond donors (Lipinski definition) is 0. The Hall–Kier alpha value is -3.25. The van der Waals surface area contributed by atoms with Crippen molar-refractivity contribution in [2.75, 3.05) is 26.7 Å². The maximum atomic E-state index is 5.98. The zero-order chi connectivity index (χ0) is 21.2. The lowest BCUT2D eigenvalue weighted by Gasteiger charge is -2.15. The van der Waals surface area contributed by atoms with Crippen molar-refractivity contribution in [3.8, 4) is 28.3 Å². The van der Waals surface area contributed by atoms with Gasteiger partial charge in [0.15, 0.2) is 0 Å². The minimum atomic E-state index is 0.663. The van der Waals surface area contributed by atoms with Crippen molar-refractivity contribution in [1.82, 2.24) is 24.6 Å². The standard InChI is InChI=1S/C25H27N5O/c1-3-29(2)15-16-31-18-9-10-19-20(11-13-27-22(19)17-18)24-23-8-6-14-30(23)28-25(24)21-7-4-5-12-26-21/h4-5,7,9-13,17H,3,6,8,14-16H2,1-2H3. The van der Waals surface area contributed by atoms with Crippen LogP contribution in [0.3, 0.4) is 0 Å². The summed E-state index contributed by atoms with van der Waals surface area (Å²) in [5.74, 6) is 0.854. The van der Waals surface area contributed by atoms with Gasteiger partial charge in [-0.1, -0.05) is 13.0 Å². The average Bonchev–Trinajstić information content (AvgIpc) is 3.40. The van der Waals surface area contributed by atoms with Crippen LogP contribution in [0.2, 0.25) is 0 Å². The van der Waals surface area contributed by atoms with Gasteiger partial charge in [-0.2, -0.15) is 5.10 Å². The summed E-state index contributed by atoms with van der Waals surface area (Å²) in [4.78, 5) is 11.4. The lowest BCUT2D eigenvalue weighted by Crippen LogP contribution is -2.23. The first-order valence-corrected chi connectivity index (χ1v) is 11.0. The molecule has 0 saturated carbocycles. The van der Waals surface area contributed by atoms with Crippen LogP contribution in [0.1, 0.15) is 19.0 Å². The molecule has 0 atom stereocenters. The molecule has 31 heavy (non-hydrogen) atoms. The summed E-state index contributed by atoms with van der Waals surface area (Å²) in [5.41, 5.74) is 6.42. The lowest BCUT2D eigenvalue weighted by molar-refractivity contribution is 0.244. The molecular formula is C25H27N5O. The van der Waals surface area contributed by atoms with Gasteiger partial charge in [0.1, 0.15) is 18.1 Å². The molecule has 6 heteroatoms. The first-order chi connectivity index (χ1) is 15.2. The van der Waals surface area contributed by atoms with Gasteiger partial charge in [-0.25, -0.2) is 0 Å². The molecule has 0 aliphatic carbocycles. The van der Waals surface area contributed by atoms with Gasteiger partial charge in [0.05, 0.1) is 11.2 Å². The van der Waals surface area contributed by atoms with E-state index >= 15 is 0 Å². The largest absolute Gasteiger partial charge is 0.492 e. The Balaban J connectivity index is 1.55. The monoisotopic (exact) mass is 413 g/mol. The minimum Gasteiger partial charge on any atom is -0.492 e. The number of aryl methyl sites for hydroxylation is 1. The molecule has 1 aliphatic heterocycles. The summed E-state index contributed by atoms with van der Waals surface area (Å²) in [6.45, 7) is 5.69. The molecule has 0 spiro atoms. The molecule has 0 fully saturated rings. The van der Waals surface area contributed by atoms with Crippen molar-refractivity contribution >= 4 is 10.9 Å². The Morgan fingerprint density at radius 2 is 2.03 bits per heavy atom. The highest BCUT2D eigenvalue weighted by molar-refractivity contribution is 5.99. The van der Waals surface area contributed by atoms with Crippen molar-refractivity contribution < 1.29 is 4.74 Å². The third-order valence-electron chi connectivity index (χ3n) is 6.01. The second-order valence-electron chi connectivity index (χ2n) is 7.99. The highest BCUT2D eigenvalue weighted by Gasteiger charge is 2.25. The fourth-order valence-electron chi connectivity index (χ4n) is 4.21. The molecule has 3 aromatic heterocycles. The Labute approximate surface area is 182 Å². The predicted molar refractivity (Wildman–Crippen MR) is 123 cm³/mol. The maximum Gasteiger partial charge on any atom is 0.121 e. The number of benzene rings is 1. The summed E-state index contributed by atoms with van der Waals surface area (Å²) >= 11 is 0. The van der Waals surface area contributed by atoms with Crippen molar-refractivity contribution in [1.29, 1.82) is 0 Å². The molecule has 0 radical (unpaired) electrons. The van der Waals surface area contributed by atoms with E-state index in [1.54, 1.807) is 0 Å². The molecule has 0 saturated heterocycles. The quantitative estimate of drug-likeness (QED) is 0.448. The third-order valence-corrected chi connectivity index (χ3v) is 6.01. The molecule has 1 aliphatic rings. The fourth-order valence-corrected chi connectivity index (χ4v) is 4.21. The fraction of sp³-hybridized carbons (Fsp3) is 0.320. The van der Waals surface area contributed by atoms with Crippen LogP contribution < -0.4 is 4.74 Å². The summed E-state index contributed by atoms with van der Waals surface area (Å²) < 4.78 is 8.12. The van der Waals surface area contributed by atoms with Gasteiger partial charge in [-0.05, 0) is 62.3 Å². The van der Waals surface area contributed by atoms with E-state index in [0.29, 0.717) is 6.61 Å². The van der Waals surface area contributed by atoms with Crippen LogP contribution in [0.4, 0.5) is 0 Å². The highest BCUT2D eigenvalue weighted by atomic mass is 16.5. The molecule has 0 amide bonds. The molecule has 0 bridgehead atoms. The predicted octanol–water partition coefficient (Wildman–Crippen LogP) is 4.44. The molecule has 0 N–H and O–H groups in total. The summed E-state index contributed by atoms with van der Waals surface area (Å²) in [6, 6.07) is 14.3. The average molecular weight is 414 g/mol. The Morgan fingerprint density at radius 3 is 2.87 bits per heavy atom. The molecule has 5 rings (SSSR count). The second-order valence-corrected chi connectivity index (χ2v) is 7.99. The zero-order valence-corrected chi connectivity index (χ0v) is 18.1. The molecule has 0 unspecified atom stereocenters. The number of aromatic nitrogens is 4. The normalized spacial score (nSPS) is 13.1. The summed E-state index contributed by atoms with van der Waals surface area (Å²) in [5, 5.41) is 6.04. The van der Waals surface area contributed by atoms with Gasteiger partial charge < -0.3 is 9.64 Å². The first kappa shape index (κ1) is 19.7. The number of nitrogens with zero attached hydrogens (tertiary/aromatic N) is 5. The lowest BCUT2D eigenvalue weighted by atomic mass is 9.96. The molecule has 4 heterocycles. The van der Waals surface area contributed by atoms with E-state index in [0.717, 1.165) is 66.1 Å². The van der Waals surface area contributed by atoms with Gasteiger partial charge in [0.2, 0.25) is 0 Å². The SMILES string of the molecule is CCN(C)CCOc1ccc2c(-c3c(-c4ccccn4)nn4c3CCC4)ccnc2c1. The Morgan fingerprint density at radius 1 is 1.10 bits per heavy atom. The molecule has 6 nitrogen and oxygen atoms in total. The Kier molecular flexibility index (Phi) is 5.38. The smallest absolute Gasteiger partial charge is 0.121 e. The highest BCUT2D eigenvalue weighted by Crippen LogP contribution is 2.40. The van der Waals surface area contributed by atoms with Crippen molar-refractivity contribution in [2.45, 2.75) is 26.3 Å². The molecule has 158 valence electrons. The number of ether oxygens (including phenoxy) is 1. The van der Waals surface area contributed by atoms with Crippen LogP contribution in [-0.4, -0.2) is 51.4 Å².